The van der Waals surface area contributed by atoms with Gasteiger partial charge in [-0.1, -0.05) is 18.2 Å². The van der Waals surface area contributed by atoms with Crippen molar-refractivity contribution in [3.05, 3.63) is 30.3 Å². The summed E-state index contributed by atoms with van der Waals surface area (Å²) < 4.78 is 0. The number of nitrogens with one attached hydrogen (secondary N) is 1. The maximum absolute atomic E-state index is 12.2. The van der Waals surface area contributed by atoms with Crippen LogP contribution in [-0.2, 0) is 9.59 Å². The van der Waals surface area contributed by atoms with Crippen LogP contribution in [0.3, 0.4) is 0 Å². The summed E-state index contributed by atoms with van der Waals surface area (Å²) >= 11 is 0. The maximum atomic E-state index is 12.2. The molecule has 1 saturated heterocycles. The topological polar surface area (TPSA) is 49.4 Å². The molecule has 0 radical (unpaired) electrons. The highest BCUT2D eigenvalue weighted by Gasteiger charge is 2.29. The Hall–Kier alpha value is -1.84. The summed E-state index contributed by atoms with van der Waals surface area (Å²) in [5.41, 5.74) is 0.896. The minimum Gasteiger partial charge on any atom is -0.345 e. The predicted octanol–water partition coefficient (Wildman–Crippen LogP) is 1.32. The molecular formula is C13H16N2O2. The molecule has 4 heteroatoms. The molecule has 1 aromatic carbocycles. The van der Waals surface area contributed by atoms with Gasteiger partial charge in [-0.25, -0.2) is 0 Å². The molecule has 1 aliphatic rings. The molecule has 1 unspecified atom stereocenters. The fraction of sp³-hybridized carbons (Fsp3) is 0.385. The van der Waals surface area contributed by atoms with Gasteiger partial charge in [0.2, 0.25) is 11.8 Å². The summed E-state index contributed by atoms with van der Waals surface area (Å²) in [4.78, 5) is 24.9. The molecule has 17 heavy (non-hydrogen) atoms. The third-order valence-corrected chi connectivity index (χ3v) is 2.88. The first-order valence-corrected chi connectivity index (χ1v) is 5.82. The molecule has 1 aromatic rings. The van der Waals surface area contributed by atoms with Crippen molar-refractivity contribution in [1.82, 2.24) is 5.32 Å². The molecule has 0 saturated carbocycles. The van der Waals surface area contributed by atoms with Gasteiger partial charge in [-0.3, -0.25) is 9.59 Å². The smallest absolute Gasteiger partial charge is 0.249 e. The van der Waals surface area contributed by atoms with Crippen molar-refractivity contribution in [2.75, 3.05) is 11.4 Å². The Bertz CT molecular complexity index is 417. The molecule has 1 atom stereocenters. The van der Waals surface area contributed by atoms with E-state index in [1.165, 1.54) is 6.92 Å². The van der Waals surface area contributed by atoms with E-state index in [0.717, 1.165) is 25.1 Å². The number of benzene rings is 1. The van der Waals surface area contributed by atoms with Gasteiger partial charge in [-0.2, -0.15) is 0 Å². The summed E-state index contributed by atoms with van der Waals surface area (Å²) in [6, 6.07) is 9.18. The maximum Gasteiger partial charge on any atom is 0.249 e. The van der Waals surface area contributed by atoms with Crippen molar-refractivity contribution in [2.45, 2.75) is 25.8 Å². The lowest BCUT2D eigenvalue weighted by atomic mass is 10.0. The lowest BCUT2D eigenvalue weighted by molar-refractivity contribution is -0.127. The van der Waals surface area contributed by atoms with E-state index >= 15 is 0 Å². The van der Waals surface area contributed by atoms with Crippen molar-refractivity contribution in [3.63, 3.8) is 0 Å². The van der Waals surface area contributed by atoms with Gasteiger partial charge in [0.05, 0.1) is 0 Å². The molecule has 2 amide bonds. The highest BCUT2D eigenvalue weighted by molar-refractivity contribution is 5.99. The van der Waals surface area contributed by atoms with Crippen molar-refractivity contribution in [1.29, 1.82) is 0 Å². The lowest BCUT2D eigenvalue weighted by Crippen LogP contribution is -2.52. The molecule has 1 N–H and O–H groups in total. The normalized spacial score (nSPS) is 20.2. The summed E-state index contributed by atoms with van der Waals surface area (Å²) in [7, 11) is 0. The van der Waals surface area contributed by atoms with E-state index in [-0.39, 0.29) is 17.9 Å². The number of anilines is 1. The highest BCUT2D eigenvalue weighted by Crippen LogP contribution is 2.20. The molecule has 1 heterocycles. The Balaban J connectivity index is 2.14. The van der Waals surface area contributed by atoms with Crippen LogP contribution in [0.1, 0.15) is 19.8 Å². The van der Waals surface area contributed by atoms with Crippen molar-refractivity contribution >= 4 is 17.5 Å². The zero-order valence-corrected chi connectivity index (χ0v) is 9.85. The van der Waals surface area contributed by atoms with Gasteiger partial charge in [0.15, 0.2) is 0 Å². The predicted molar refractivity (Wildman–Crippen MR) is 65.6 cm³/mol. The number of para-hydroxylation sites is 1. The Morgan fingerprint density at radius 3 is 2.71 bits per heavy atom. The quantitative estimate of drug-likeness (QED) is 0.836. The van der Waals surface area contributed by atoms with Crippen molar-refractivity contribution in [3.8, 4) is 0 Å². The third-order valence-electron chi connectivity index (χ3n) is 2.88. The second-order valence-electron chi connectivity index (χ2n) is 4.22. The fourth-order valence-corrected chi connectivity index (χ4v) is 2.12. The number of rotatable bonds is 2. The molecule has 2 rings (SSSR count). The molecule has 90 valence electrons. The van der Waals surface area contributed by atoms with Gasteiger partial charge in [0, 0.05) is 19.2 Å². The molecular weight excluding hydrogens is 216 g/mol. The zero-order chi connectivity index (χ0) is 12.3. The zero-order valence-electron chi connectivity index (χ0n) is 9.85. The Morgan fingerprint density at radius 1 is 1.35 bits per heavy atom. The summed E-state index contributed by atoms with van der Waals surface area (Å²) in [6.45, 7) is 2.16. The van der Waals surface area contributed by atoms with Crippen molar-refractivity contribution < 1.29 is 9.59 Å². The van der Waals surface area contributed by atoms with E-state index in [9.17, 15) is 9.59 Å². The molecule has 0 bridgehead atoms. The average molecular weight is 232 g/mol. The summed E-state index contributed by atoms with van der Waals surface area (Å²) in [5.74, 6) is -0.170. The summed E-state index contributed by atoms with van der Waals surface area (Å²) in [6.07, 6.45) is 1.63. The molecule has 1 fully saturated rings. The number of amides is 2. The van der Waals surface area contributed by atoms with E-state index < -0.39 is 0 Å². The largest absolute Gasteiger partial charge is 0.345 e. The van der Waals surface area contributed by atoms with Gasteiger partial charge < -0.3 is 10.2 Å². The van der Waals surface area contributed by atoms with Crippen LogP contribution in [0.5, 0.6) is 0 Å². The molecule has 0 spiro atoms. The van der Waals surface area contributed by atoms with E-state index in [0.29, 0.717) is 0 Å². The number of hydrogen-bond acceptors (Lipinski definition) is 2. The number of hydrogen-bond donors (Lipinski definition) is 1. The average Bonchev–Trinajstić information content (AvgIpc) is 2.32. The number of piperidine rings is 1. The van der Waals surface area contributed by atoms with Gasteiger partial charge in [0.1, 0.15) is 6.04 Å². The second kappa shape index (κ2) is 4.99. The molecule has 4 nitrogen and oxygen atoms in total. The van der Waals surface area contributed by atoms with Crippen LogP contribution in [0.2, 0.25) is 0 Å². The lowest BCUT2D eigenvalue weighted by Gasteiger charge is -2.32. The first-order chi connectivity index (χ1) is 8.18. The van der Waals surface area contributed by atoms with E-state index in [1.807, 2.05) is 30.3 Å². The molecule has 0 aliphatic carbocycles. The SMILES string of the molecule is CC(=O)NC1CCCN(c2ccccc2)C1=O. The molecule has 0 aromatic heterocycles. The Morgan fingerprint density at radius 2 is 2.06 bits per heavy atom. The molecule has 1 aliphatic heterocycles. The Kier molecular flexibility index (Phi) is 3.42. The van der Waals surface area contributed by atoms with E-state index in [1.54, 1.807) is 4.90 Å². The van der Waals surface area contributed by atoms with Crippen LogP contribution >= 0.6 is 0 Å². The van der Waals surface area contributed by atoms with E-state index in [4.69, 9.17) is 0 Å². The summed E-state index contributed by atoms with van der Waals surface area (Å²) in [5, 5.41) is 2.70. The Labute approximate surface area is 101 Å². The van der Waals surface area contributed by atoms with Crippen LogP contribution in [0, 0.1) is 0 Å². The van der Waals surface area contributed by atoms with Gasteiger partial charge in [0.25, 0.3) is 0 Å². The van der Waals surface area contributed by atoms with Gasteiger partial charge in [-0.15, -0.1) is 0 Å². The van der Waals surface area contributed by atoms with E-state index in [2.05, 4.69) is 5.32 Å². The van der Waals surface area contributed by atoms with Crippen LogP contribution in [-0.4, -0.2) is 24.4 Å². The standard InChI is InChI=1S/C13H16N2O2/c1-10(16)14-12-8-5-9-15(13(12)17)11-6-3-2-4-7-11/h2-4,6-7,12H,5,8-9H2,1H3,(H,14,16). The van der Waals surface area contributed by atoms with Crippen LogP contribution in [0.15, 0.2) is 30.3 Å². The van der Waals surface area contributed by atoms with Crippen molar-refractivity contribution in [2.24, 2.45) is 0 Å². The third kappa shape index (κ3) is 2.64. The highest BCUT2D eigenvalue weighted by atomic mass is 16.2. The monoisotopic (exact) mass is 232 g/mol. The van der Waals surface area contributed by atoms with Crippen LogP contribution in [0.25, 0.3) is 0 Å². The number of carbonyl (C=O) groups is 2. The minimum absolute atomic E-state index is 0.0161. The van der Waals surface area contributed by atoms with Crippen LogP contribution < -0.4 is 10.2 Å². The minimum atomic E-state index is -0.374. The second-order valence-corrected chi connectivity index (χ2v) is 4.22. The number of nitrogens with zero attached hydrogens (tertiary/aromatic N) is 1. The fourth-order valence-electron chi connectivity index (χ4n) is 2.12. The van der Waals surface area contributed by atoms with Crippen LogP contribution in [0.4, 0.5) is 5.69 Å². The first-order valence-electron chi connectivity index (χ1n) is 5.82. The van der Waals surface area contributed by atoms with Gasteiger partial charge in [-0.05, 0) is 25.0 Å². The first kappa shape index (κ1) is 11.6. The van der Waals surface area contributed by atoms with Gasteiger partial charge >= 0.3 is 0 Å². The number of carbonyl (C=O) groups excluding carboxylic acids is 2.